The van der Waals surface area contributed by atoms with Crippen LogP contribution in [0.2, 0.25) is 0 Å². The molecule has 0 bridgehead atoms. The summed E-state index contributed by atoms with van der Waals surface area (Å²) < 4.78 is 0. The molecule has 0 aromatic heterocycles. The molecule has 59 valence electrons. The quantitative estimate of drug-likeness (QED) is 0.373. The number of rotatable bonds is 3. The molecule has 1 unspecified atom stereocenters. The van der Waals surface area contributed by atoms with Gasteiger partial charge in [-0.15, -0.1) is 0 Å². The van der Waals surface area contributed by atoms with E-state index < -0.39 is 24.6 Å². The molecule has 1 radical (unpaired) electrons. The van der Waals surface area contributed by atoms with E-state index in [1.165, 1.54) is 0 Å². The summed E-state index contributed by atoms with van der Waals surface area (Å²) in [7, 11) is 0. The van der Waals surface area contributed by atoms with Crippen LogP contribution < -0.4 is 11.1 Å². The van der Waals surface area contributed by atoms with Gasteiger partial charge in [0, 0.05) is 51.4 Å². The molecule has 11 heavy (non-hydrogen) atoms. The number of carbonyl (C=O) groups is 2. The van der Waals surface area contributed by atoms with E-state index in [0.717, 1.165) is 0 Å². The number of aliphatic hydroxyl groups is 1. The fraction of sp³-hybridized carbons (Fsp3) is 0.500. The molecule has 0 rings (SSSR count). The largest absolute Gasteiger partial charge is 0.480 e. The van der Waals surface area contributed by atoms with E-state index in [0.29, 0.717) is 0 Å². The minimum absolute atomic E-state index is 0. The fourth-order valence-electron chi connectivity index (χ4n) is 0.357. The molecule has 0 aliphatic carbocycles. The maximum absolute atomic E-state index is 10.0. The molecule has 1 atom stereocenters. The van der Waals surface area contributed by atoms with Gasteiger partial charge in [-0.1, -0.05) is 0 Å². The second-order valence-corrected chi connectivity index (χ2v) is 1.58. The molecule has 0 aromatic rings. The van der Waals surface area contributed by atoms with Crippen LogP contribution in [0.4, 0.5) is 4.79 Å². The first-order valence-electron chi connectivity index (χ1n) is 2.47. The molecule has 0 aliphatic rings. The summed E-state index contributed by atoms with van der Waals surface area (Å²) in [5.74, 6) is -1.32. The molecule has 0 heterocycles. The fourth-order valence-corrected chi connectivity index (χ4v) is 0.357. The van der Waals surface area contributed by atoms with Gasteiger partial charge in [0.2, 0.25) is 0 Å². The van der Waals surface area contributed by atoms with Crippen molar-refractivity contribution in [1.82, 2.24) is 5.32 Å². The SMILES string of the molecule is NC(=O)NC(CO)C(=O)O.[K]. The van der Waals surface area contributed by atoms with Crippen molar-refractivity contribution >= 4 is 63.4 Å². The molecule has 5 N–H and O–H groups in total. The summed E-state index contributed by atoms with van der Waals surface area (Å²) in [6.45, 7) is -0.668. The average Bonchev–Trinajstić information content (AvgIpc) is 1.81. The molecule has 0 saturated carbocycles. The van der Waals surface area contributed by atoms with Crippen LogP contribution in [-0.4, -0.2) is 86.2 Å². The van der Waals surface area contributed by atoms with E-state index >= 15 is 0 Å². The number of nitrogens with one attached hydrogen (secondary N) is 1. The number of aliphatic carboxylic acids is 1. The third kappa shape index (κ3) is 6.72. The minimum Gasteiger partial charge on any atom is -0.480 e. The van der Waals surface area contributed by atoms with Gasteiger partial charge in [-0.05, 0) is 0 Å². The van der Waals surface area contributed by atoms with E-state index in [4.69, 9.17) is 10.2 Å². The third-order valence-electron chi connectivity index (χ3n) is 0.797. The average molecular weight is 187 g/mol. The molecule has 7 heteroatoms. The van der Waals surface area contributed by atoms with Crippen molar-refractivity contribution < 1.29 is 19.8 Å². The Morgan fingerprint density at radius 3 is 2.09 bits per heavy atom. The molecule has 0 spiro atoms. The van der Waals surface area contributed by atoms with Gasteiger partial charge in [-0.2, -0.15) is 0 Å². The number of hydrogen-bond donors (Lipinski definition) is 4. The Labute approximate surface area is 106 Å². The summed E-state index contributed by atoms with van der Waals surface area (Å²) >= 11 is 0. The minimum atomic E-state index is -1.32. The smallest absolute Gasteiger partial charge is 0.328 e. The summed E-state index contributed by atoms with van der Waals surface area (Å²) in [5.41, 5.74) is 4.58. The van der Waals surface area contributed by atoms with Gasteiger partial charge in [0.05, 0.1) is 6.61 Å². The van der Waals surface area contributed by atoms with Crippen LogP contribution in [-0.2, 0) is 4.79 Å². The summed E-state index contributed by atoms with van der Waals surface area (Å²) in [4.78, 5) is 20.0. The van der Waals surface area contributed by atoms with Gasteiger partial charge < -0.3 is 21.3 Å². The zero-order valence-electron chi connectivity index (χ0n) is 6.07. The number of urea groups is 1. The van der Waals surface area contributed by atoms with E-state index in [9.17, 15) is 9.59 Å². The van der Waals surface area contributed by atoms with Crippen molar-refractivity contribution in [2.24, 2.45) is 5.73 Å². The van der Waals surface area contributed by atoms with Gasteiger partial charge in [0.25, 0.3) is 0 Å². The Balaban J connectivity index is 0. The van der Waals surface area contributed by atoms with Crippen LogP contribution in [0.5, 0.6) is 0 Å². The van der Waals surface area contributed by atoms with Crippen molar-refractivity contribution in [3.05, 3.63) is 0 Å². The predicted molar refractivity (Wildman–Crippen MR) is 37.0 cm³/mol. The van der Waals surface area contributed by atoms with E-state index in [2.05, 4.69) is 5.73 Å². The van der Waals surface area contributed by atoms with Gasteiger partial charge in [-0.25, -0.2) is 9.59 Å². The Morgan fingerprint density at radius 1 is 1.55 bits per heavy atom. The van der Waals surface area contributed by atoms with E-state index in [1.54, 1.807) is 0 Å². The molecule has 0 saturated heterocycles. The summed E-state index contributed by atoms with van der Waals surface area (Å²) in [6.07, 6.45) is 0. The van der Waals surface area contributed by atoms with Crippen molar-refractivity contribution in [3.63, 3.8) is 0 Å². The van der Waals surface area contributed by atoms with Crippen LogP contribution in [0.15, 0.2) is 0 Å². The van der Waals surface area contributed by atoms with Crippen LogP contribution in [0, 0.1) is 0 Å². The van der Waals surface area contributed by atoms with Gasteiger partial charge >= 0.3 is 12.0 Å². The molecular weight excluding hydrogens is 179 g/mol. The number of carboxylic acid groups (broad SMARTS) is 1. The van der Waals surface area contributed by atoms with Gasteiger partial charge in [-0.3, -0.25) is 0 Å². The van der Waals surface area contributed by atoms with Gasteiger partial charge in [0.1, 0.15) is 0 Å². The Kier molecular flexibility index (Phi) is 8.86. The predicted octanol–water partition coefficient (Wildman–Crippen LogP) is -2.28. The van der Waals surface area contributed by atoms with Crippen LogP contribution in [0.25, 0.3) is 0 Å². The third-order valence-corrected chi connectivity index (χ3v) is 0.797. The first-order chi connectivity index (χ1) is 4.57. The van der Waals surface area contributed by atoms with Crippen LogP contribution in [0.3, 0.4) is 0 Å². The molecule has 0 aromatic carbocycles. The van der Waals surface area contributed by atoms with Gasteiger partial charge in [0.15, 0.2) is 6.04 Å². The molecule has 2 amide bonds. The van der Waals surface area contributed by atoms with Crippen LogP contribution >= 0.6 is 0 Å². The summed E-state index contributed by atoms with van der Waals surface area (Å²) in [5, 5.41) is 18.3. The zero-order chi connectivity index (χ0) is 8.15. The number of primary amides is 1. The normalized spacial score (nSPS) is 11.0. The van der Waals surface area contributed by atoms with E-state index in [-0.39, 0.29) is 51.4 Å². The Bertz CT molecular complexity index is 151. The number of carboxylic acids is 1. The standard InChI is InChI=1S/C4H8N2O4.K/c5-4(10)6-2(1-7)3(8)9;/h2,7H,1H2,(H,8,9)(H3,5,6,10);. The zero-order valence-corrected chi connectivity index (χ0v) is 9.20. The number of aliphatic hydroxyl groups excluding tert-OH is 1. The number of carbonyl (C=O) groups excluding carboxylic acids is 1. The van der Waals surface area contributed by atoms with Crippen molar-refractivity contribution in [1.29, 1.82) is 0 Å². The number of hydrogen-bond acceptors (Lipinski definition) is 3. The Hall–Kier alpha value is 0.336. The van der Waals surface area contributed by atoms with Crippen molar-refractivity contribution in [3.8, 4) is 0 Å². The first kappa shape index (κ1) is 13.9. The van der Waals surface area contributed by atoms with Crippen LogP contribution in [0.1, 0.15) is 0 Å². The monoisotopic (exact) mass is 187 g/mol. The molecule has 0 fully saturated rings. The van der Waals surface area contributed by atoms with Crippen molar-refractivity contribution in [2.75, 3.05) is 6.61 Å². The molecular formula is C4H8KN2O4. The summed E-state index contributed by atoms with van der Waals surface area (Å²) in [6, 6.07) is -2.28. The second-order valence-electron chi connectivity index (χ2n) is 1.58. The second kappa shape index (κ2) is 7.01. The maximum Gasteiger partial charge on any atom is 0.328 e. The molecule has 0 aliphatic heterocycles. The number of nitrogens with two attached hydrogens (primary N) is 1. The molecule has 6 nitrogen and oxygen atoms in total. The number of amides is 2. The Morgan fingerprint density at radius 2 is 2.00 bits per heavy atom. The topological polar surface area (TPSA) is 113 Å². The van der Waals surface area contributed by atoms with E-state index in [1.807, 2.05) is 5.32 Å². The first-order valence-corrected chi connectivity index (χ1v) is 2.47. The maximum atomic E-state index is 10.0. The van der Waals surface area contributed by atoms with Crippen molar-refractivity contribution in [2.45, 2.75) is 6.04 Å².